The SMILES string of the molecule is CNCc1c2c(nn1C)CCOC2. The van der Waals surface area contributed by atoms with Gasteiger partial charge >= 0.3 is 0 Å². The maximum absolute atomic E-state index is 5.42. The summed E-state index contributed by atoms with van der Waals surface area (Å²) in [5.74, 6) is 0. The van der Waals surface area contributed by atoms with Crippen molar-refractivity contribution in [2.45, 2.75) is 19.6 Å². The molecule has 0 bridgehead atoms. The first kappa shape index (κ1) is 8.72. The van der Waals surface area contributed by atoms with Crippen LogP contribution in [0.15, 0.2) is 0 Å². The Morgan fingerprint density at radius 2 is 2.46 bits per heavy atom. The summed E-state index contributed by atoms with van der Waals surface area (Å²) in [6.07, 6.45) is 0.951. The van der Waals surface area contributed by atoms with Crippen molar-refractivity contribution in [2.75, 3.05) is 13.7 Å². The topological polar surface area (TPSA) is 39.1 Å². The van der Waals surface area contributed by atoms with E-state index in [1.165, 1.54) is 17.0 Å². The lowest BCUT2D eigenvalue weighted by Crippen LogP contribution is -2.14. The second-order valence-corrected chi connectivity index (χ2v) is 3.33. The molecule has 0 unspecified atom stereocenters. The first-order valence-electron chi connectivity index (χ1n) is 4.59. The van der Waals surface area contributed by atoms with Crippen molar-refractivity contribution in [1.29, 1.82) is 0 Å². The molecular weight excluding hydrogens is 166 g/mol. The monoisotopic (exact) mass is 181 g/mol. The Hall–Kier alpha value is -0.870. The Morgan fingerprint density at radius 1 is 1.62 bits per heavy atom. The molecule has 1 aliphatic rings. The summed E-state index contributed by atoms with van der Waals surface area (Å²) in [7, 11) is 3.94. The second-order valence-electron chi connectivity index (χ2n) is 3.33. The van der Waals surface area contributed by atoms with E-state index in [9.17, 15) is 0 Å². The molecule has 0 radical (unpaired) electrons. The molecule has 1 aromatic rings. The van der Waals surface area contributed by atoms with Gasteiger partial charge in [-0.2, -0.15) is 5.10 Å². The molecule has 0 aromatic carbocycles. The van der Waals surface area contributed by atoms with E-state index in [1.54, 1.807) is 0 Å². The molecule has 0 atom stereocenters. The highest BCUT2D eigenvalue weighted by atomic mass is 16.5. The molecule has 1 aromatic heterocycles. The minimum atomic E-state index is 0.722. The largest absolute Gasteiger partial charge is 0.376 e. The van der Waals surface area contributed by atoms with Gasteiger partial charge in [-0.25, -0.2) is 0 Å². The average molecular weight is 181 g/mol. The number of ether oxygens (including phenoxy) is 1. The van der Waals surface area contributed by atoms with Crippen LogP contribution < -0.4 is 5.32 Å². The zero-order valence-electron chi connectivity index (χ0n) is 8.13. The fourth-order valence-electron chi connectivity index (χ4n) is 1.76. The van der Waals surface area contributed by atoms with Gasteiger partial charge in [-0.05, 0) is 7.05 Å². The molecular formula is C9H15N3O. The lowest BCUT2D eigenvalue weighted by atomic mass is 10.1. The molecule has 0 amide bonds. The fourth-order valence-corrected chi connectivity index (χ4v) is 1.76. The Labute approximate surface area is 77.9 Å². The van der Waals surface area contributed by atoms with Crippen molar-refractivity contribution < 1.29 is 4.74 Å². The van der Waals surface area contributed by atoms with E-state index in [4.69, 9.17) is 4.74 Å². The summed E-state index contributed by atoms with van der Waals surface area (Å²) in [5.41, 5.74) is 3.74. The Balaban J connectivity index is 2.36. The lowest BCUT2D eigenvalue weighted by molar-refractivity contribution is 0.109. The van der Waals surface area contributed by atoms with Gasteiger partial charge < -0.3 is 10.1 Å². The predicted molar refractivity (Wildman–Crippen MR) is 49.3 cm³/mol. The van der Waals surface area contributed by atoms with E-state index in [0.29, 0.717) is 0 Å². The maximum atomic E-state index is 5.42. The third-order valence-electron chi connectivity index (χ3n) is 2.43. The van der Waals surface area contributed by atoms with Crippen molar-refractivity contribution >= 4 is 0 Å². The first-order chi connectivity index (χ1) is 6.33. The highest BCUT2D eigenvalue weighted by Gasteiger charge is 2.18. The number of nitrogens with zero attached hydrogens (tertiary/aromatic N) is 2. The number of hydrogen-bond donors (Lipinski definition) is 1. The molecule has 2 heterocycles. The van der Waals surface area contributed by atoms with Crippen LogP contribution in [0.1, 0.15) is 17.0 Å². The molecule has 72 valence electrons. The van der Waals surface area contributed by atoms with Crippen LogP contribution in [0, 0.1) is 0 Å². The van der Waals surface area contributed by atoms with E-state index in [-0.39, 0.29) is 0 Å². The molecule has 0 spiro atoms. The summed E-state index contributed by atoms with van der Waals surface area (Å²) < 4.78 is 7.37. The number of aromatic nitrogens is 2. The van der Waals surface area contributed by atoms with E-state index >= 15 is 0 Å². The van der Waals surface area contributed by atoms with Gasteiger partial charge in [0, 0.05) is 25.6 Å². The zero-order chi connectivity index (χ0) is 9.26. The molecule has 1 aliphatic heterocycles. The molecule has 0 aliphatic carbocycles. The molecule has 0 saturated heterocycles. The minimum Gasteiger partial charge on any atom is -0.376 e. The van der Waals surface area contributed by atoms with E-state index in [2.05, 4.69) is 10.4 Å². The van der Waals surface area contributed by atoms with Gasteiger partial charge in [0.15, 0.2) is 0 Å². The number of fused-ring (bicyclic) bond motifs is 1. The lowest BCUT2D eigenvalue weighted by Gasteiger charge is -2.12. The first-order valence-corrected chi connectivity index (χ1v) is 4.59. The standard InChI is InChI=1S/C9H15N3O/c1-10-5-9-7-6-13-4-3-8(7)11-12(9)2/h10H,3-6H2,1-2H3. The summed E-state index contributed by atoms with van der Waals surface area (Å²) in [6, 6.07) is 0. The summed E-state index contributed by atoms with van der Waals surface area (Å²) >= 11 is 0. The number of rotatable bonds is 2. The molecule has 2 rings (SSSR count). The molecule has 0 saturated carbocycles. The predicted octanol–water partition coefficient (Wildman–Crippen LogP) is 0.212. The second kappa shape index (κ2) is 3.47. The van der Waals surface area contributed by atoms with Crippen LogP contribution in [-0.2, 0) is 31.4 Å². The van der Waals surface area contributed by atoms with Gasteiger partial charge in [-0.3, -0.25) is 4.68 Å². The van der Waals surface area contributed by atoms with Crippen LogP contribution in [0.4, 0.5) is 0 Å². The summed E-state index contributed by atoms with van der Waals surface area (Å²) in [5, 5.41) is 7.61. The van der Waals surface area contributed by atoms with E-state index < -0.39 is 0 Å². The molecule has 1 N–H and O–H groups in total. The molecule has 4 nitrogen and oxygen atoms in total. The van der Waals surface area contributed by atoms with E-state index in [1.807, 2.05) is 18.8 Å². The zero-order valence-corrected chi connectivity index (χ0v) is 8.13. The number of hydrogen-bond acceptors (Lipinski definition) is 3. The van der Waals surface area contributed by atoms with Gasteiger partial charge in [0.25, 0.3) is 0 Å². The molecule has 0 fully saturated rings. The average Bonchev–Trinajstić information content (AvgIpc) is 2.44. The van der Waals surface area contributed by atoms with Gasteiger partial charge in [0.05, 0.1) is 24.6 Å². The summed E-state index contributed by atoms with van der Waals surface area (Å²) in [6.45, 7) is 2.39. The van der Waals surface area contributed by atoms with Gasteiger partial charge in [-0.1, -0.05) is 0 Å². The quantitative estimate of drug-likeness (QED) is 0.709. The van der Waals surface area contributed by atoms with Crippen LogP contribution in [0.5, 0.6) is 0 Å². The smallest absolute Gasteiger partial charge is 0.0753 e. The van der Waals surface area contributed by atoms with Gasteiger partial charge in [0.2, 0.25) is 0 Å². The van der Waals surface area contributed by atoms with Crippen LogP contribution in [0.2, 0.25) is 0 Å². The maximum Gasteiger partial charge on any atom is 0.0753 e. The fraction of sp³-hybridized carbons (Fsp3) is 0.667. The molecule has 4 heteroatoms. The Bertz CT molecular complexity index is 306. The third kappa shape index (κ3) is 1.47. The minimum absolute atomic E-state index is 0.722. The Morgan fingerprint density at radius 3 is 3.23 bits per heavy atom. The van der Waals surface area contributed by atoms with Crippen molar-refractivity contribution in [3.63, 3.8) is 0 Å². The van der Waals surface area contributed by atoms with Crippen molar-refractivity contribution in [3.05, 3.63) is 17.0 Å². The van der Waals surface area contributed by atoms with Crippen LogP contribution in [0.3, 0.4) is 0 Å². The van der Waals surface area contributed by atoms with Gasteiger partial charge in [-0.15, -0.1) is 0 Å². The van der Waals surface area contributed by atoms with Crippen LogP contribution in [0.25, 0.3) is 0 Å². The molecule has 13 heavy (non-hydrogen) atoms. The van der Waals surface area contributed by atoms with E-state index in [0.717, 1.165) is 26.2 Å². The van der Waals surface area contributed by atoms with Crippen molar-refractivity contribution in [1.82, 2.24) is 15.1 Å². The third-order valence-corrected chi connectivity index (χ3v) is 2.43. The number of nitrogens with one attached hydrogen (secondary N) is 1. The Kier molecular flexibility index (Phi) is 2.33. The van der Waals surface area contributed by atoms with Crippen molar-refractivity contribution in [3.8, 4) is 0 Å². The highest BCUT2D eigenvalue weighted by molar-refractivity contribution is 5.27. The highest BCUT2D eigenvalue weighted by Crippen LogP contribution is 2.19. The van der Waals surface area contributed by atoms with Crippen molar-refractivity contribution in [2.24, 2.45) is 7.05 Å². The van der Waals surface area contributed by atoms with Crippen LogP contribution >= 0.6 is 0 Å². The van der Waals surface area contributed by atoms with Gasteiger partial charge in [0.1, 0.15) is 0 Å². The normalized spacial score (nSPS) is 15.8. The number of aryl methyl sites for hydroxylation is 1. The van der Waals surface area contributed by atoms with Crippen LogP contribution in [-0.4, -0.2) is 23.4 Å². The summed E-state index contributed by atoms with van der Waals surface area (Å²) in [4.78, 5) is 0.